The molecule has 6 nitrogen and oxygen atoms in total. The maximum atomic E-state index is 5.30. The summed E-state index contributed by atoms with van der Waals surface area (Å²) in [6, 6.07) is 8.06. The lowest BCUT2D eigenvalue weighted by molar-refractivity contribution is 0.378. The Hall–Kier alpha value is -2.23. The SMILES string of the molecule is C(=C\c1cccs1)/c1nc(SCCCc2nc(-c3cccs3)no2)n[nH]1. The Kier molecular flexibility index (Phi) is 5.58. The number of thioether (sulfide) groups is 1. The molecule has 0 spiro atoms. The highest BCUT2D eigenvalue weighted by Crippen LogP contribution is 2.22. The summed E-state index contributed by atoms with van der Waals surface area (Å²) in [5, 5.41) is 16.0. The van der Waals surface area contributed by atoms with E-state index in [1.807, 2.05) is 41.1 Å². The number of nitrogens with zero attached hydrogens (tertiary/aromatic N) is 4. The Morgan fingerprint density at radius 2 is 2.04 bits per heavy atom. The quantitative estimate of drug-likeness (QED) is 0.335. The lowest BCUT2D eigenvalue weighted by Crippen LogP contribution is -1.89. The lowest BCUT2D eigenvalue weighted by atomic mass is 10.3. The molecule has 0 atom stereocenters. The molecular formula is C17H15N5OS3. The smallest absolute Gasteiger partial charge is 0.227 e. The summed E-state index contributed by atoms with van der Waals surface area (Å²) in [6.45, 7) is 0. The Balaban J connectivity index is 1.23. The van der Waals surface area contributed by atoms with E-state index < -0.39 is 0 Å². The molecule has 4 rings (SSSR count). The average molecular weight is 402 g/mol. The molecule has 4 aromatic heterocycles. The molecule has 0 aliphatic rings. The summed E-state index contributed by atoms with van der Waals surface area (Å²) >= 11 is 4.91. The van der Waals surface area contributed by atoms with Crippen LogP contribution in [0.15, 0.2) is 44.7 Å². The Morgan fingerprint density at radius 3 is 2.88 bits per heavy atom. The minimum absolute atomic E-state index is 0.666. The fourth-order valence-corrected chi connectivity index (χ4v) is 4.21. The van der Waals surface area contributed by atoms with Gasteiger partial charge in [-0.05, 0) is 41.5 Å². The van der Waals surface area contributed by atoms with E-state index in [-0.39, 0.29) is 0 Å². The second-order valence-corrected chi connectivity index (χ2v) is 8.28. The van der Waals surface area contributed by atoms with Crippen LogP contribution in [0.5, 0.6) is 0 Å². The van der Waals surface area contributed by atoms with Gasteiger partial charge in [0.2, 0.25) is 16.9 Å². The van der Waals surface area contributed by atoms with Crippen LogP contribution in [-0.2, 0) is 6.42 Å². The van der Waals surface area contributed by atoms with Crippen LogP contribution in [0.25, 0.3) is 22.9 Å². The van der Waals surface area contributed by atoms with Crippen LogP contribution in [0.2, 0.25) is 0 Å². The zero-order valence-corrected chi connectivity index (χ0v) is 16.1. The molecular weight excluding hydrogens is 386 g/mol. The van der Waals surface area contributed by atoms with Crippen LogP contribution < -0.4 is 0 Å². The first-order valence-corrected chi connectivity index (χ1v) is 10.7. The minimum Gasteiger partial charge on any atom is -0.339 e. The van der Waals surface area contributed by atoms with Gasteiger partial charge >= 0.3 is 0 Å². The standard InChI is InChI=1S/C17H15N5OS3/c1-4-12(24-9-1)7-8-14-18-17(21-20-14)26-11-3-6-15-19-16(22-23-15)13-5-2-10-25-13/h1-2,4-5,7-10H,3,6,11H2,(H,18,20,21)/b8-7+. The first-order chi connectivity index (χ1) is 12.9. The molecule has 0 radical (unpaired) electrons. The third-order valence-corrected chi connectivity index (χ3v) is 6.04. The Bertz CT molecular complexity index is 957. The van der Waals surface area contributed by atoms with Crippen molar-refractivity contribution in [3.05, 3.63) is 51.6 Å². The summed E-state index contributed by atoms with van der Waals surface area (Å²) in [6.07, 6.45) is 5.64. The van der Waals surface area contributed by atoms with Crippen LogP contribution in [0.1, 0.15) is 23.0 Å². The van der Waals surface area contributed by atoms with Crippen LogP contribution in [0.3, 0.4) is 0 Å². The zero-order valence-electron chi connectivity index (χ0n) is 13.7. The van der Waals surface area contributed by atoms with Gasteiger partial charge in [0, 0.05) is 17.1 Å². The second kappa shape index (κ2) is 8.43. The summed E-state index contributed by atoms with van der Waals surface area (Å²) in [5.41, 5.74) is 0. The number of aromatic nitrogens is 5. The van der Waals surface area contributed by atoms with Gasteiger partial charge < -0.3 is 4.52 Å². The number of hydrogen-bond acceptors (Lipinski definition) is 8. The molecule has 0 amide bonds. The monoisotopic (exact) mass is 401 g/mol. The van der Waals surface area contributed by atoms with E-state index in [0.717, 1.165) is 34.5 Å². The van der Waals surface area contributed by atoms with Crippen molar-refractivity contribution in [3.63, 3.8) is 0 Å². The first kappa shape index (κ1) is 17.2. The summed E-state index contributed by atoms with van der Waals surface area (Å²) in [7, 11) is 0. The van der Waals surface area contributed by atoms with E-state index in [1.165, 1.54) is 4.88 Å². The molecule has 0 fully saturated rings. The van der Waals surface area contributed by atoms with Crippen molar-refractivity contribution in [1.29, 1.82) is 0 Å². The van der Waals surface area contributed by atoms with Crippen molar-refractivity contribution >= 4 is 46.6 Å². The number of thiophene rings is 2. The molecule has 1 N–H and O–H groups in total. The topological polar surface area (TPSA) is 80.5 Å². The van der Waals surface area contributed by atoms with Gasteiger partial charge in [0.05, 0.1) is 4.88 Å². The molecule has 0 aromatic carbocycles. The van der Waals surface area contributed by atoms with Crippen molar-refractivity contribution in [2.45, 2.75) is 18.0 Å². The van der Waals surface area contributed by atoms with E-state index in [0.29, 0.717) is 11.7 Å². The normalized spacial score (nSPS) is 11.5. The van der Waals surface area contributed by atoms with E-state index in [4.69, 9.17) is 4.52 Å². The molecule has 0 saturated heterocycles. The maximum absolute atomic E-state index is 5.30. The lowest BCUT2D eigenvalue weighted by Gasteiger charge is -1.94. The van der Waals surface area contributed by atoms with Gasteiger partial charge in [0.15, 0.2) is 0 Å². The third-order valence-electron chi connectivity index (χ3n) is 3.41. The molecule has 9 heteroatoms. The summed E-state index contributed by atoms with van der Waals surface area (Å²) < 4.78 is 5.30. The van der Waals surface area contributed by atoms with Gasteiger partial charge in [-0.2, -0.15) is 4.98 Å². The maximum Gasteiger partial charge on any atom is 0.227 e. The minimum atomic E-state index is 0.666. The Morgan fingerprint density at radius 1 is 1.12 bits per heavy atom. The highest BCUT2D eigenvalue weighted by atomic mass is 32.2. The molecule has 0 aliphatic carbocycles. The van der Waals surface area contributed by atoms with Gasteiger partial charge in [-0.1, -0.05) is 29.1 Å². The molecule has 132 valence electrons. The fraction of sp³-hybridized carbons (Fsp3) is 0.176. The predicted octanol–water partition coefficient (Wildman–Crippen LogP) is 4.87. The van der Waals surface area contributed by atoms with Crippen LogP contribution in [0.4, 0.5) is 0 Å². The van der Waals surface area contributed by atoms with Crippen LogP contribution >= 0.6 is 34.4 Å². The third kappa shape index (κ3) is 4.48. The number of H-pyrrole nitrogens is 1. The predicted molar refractivity (Wildman–Crippen MR) is 106 cm³/mol. The van der Waals surface area contributed by atoms with E-state index in [2.05, 4.69) is 31.4 Å². The van der Waals surface area contributed by atoms with E-state index >= 15 is 0 Å². The van der Waals surface area contributed by atoms with Crippen molar-refractivity contribution in [3.8, 4) is 10.7 Å². The Labute approximate surface area is 162 Å². The average Bonchev–Trinajstić information content (AvgIpc) is 3.45. The molecule has 0 bridgehead atoms. The summed E-state index contributed by atoms with van der Waals surface area (Å²) in [4.78, 5) is 11.1. The van der Waals surface area contributed by atoms with Crippen molar-refractivity contribution in [1.82, 2.24) is 25.3 Å². The first-order valence-electron chi connectivity index (χ1n) is 8.00. The molecule has 0 unspecified atom stereocenters. The molecule has 4 aromatic rings. The summed E-state index contributed by atoms with van der Waals surface area (Å²) in [5.74, 6) is 2.99. The van der Waals surface area contributed by atoms with Gasteiger partial charge in [-0.3, -0.25) is 5.10 Å². The van der Waals surface area contributed by atoms with Crippen molar-refractivity contribution in [2.24, 2.45) is 0 Å². The number of nitrogens with one attached hydrogen (secondary N) is 1. The molecule has 4 heterocycles. The number of rotatable bonds is 8. The fourth-order valence-electron chi connectivity index (χ4n) is 2.19. The molecule has 26 heavy (non-hydrogen) atoms. The number of aromatic amines is 1. The second-order valence-electron chi connectivity index (χ2n) is 5.29. The van der Waals surface area contributed by atoms with Crippen LogP contribution in [0, 0.1) is 0 Å². The van der Waals surface area contributed by atoms with Gasteiger partial charge in [-0.15, -0.1) is 27.8 Å². The highest BCUT2D eigenvalue weighted by molar-refractivity contribution is 7.99. The van der Waals surface area contributed by atoms with E-state index in [9.17, 15) is 0 Å². The highest BCUT2D eigenvalue weighted by Gasteiger charge is 2.09. The number of aryl methyl sites for hydroxylation is 1. The largest absolute Gasteiger partial charge is 0.339 e. The van der Waals surface area contributed by atoms with Gasteiger partial charge in [-0.25, -0.2) is 4.98 Å². The van der Waals surface area contributed by atoms with Crippen molar-refractivity contribution < 1.29 is 4.52 Å². The molecule has 0 aliphatic heterocycles. The molecule has 0 saturated carbocycles. The van der Waals surface area contributed by atoms with Crippen molar-refractivity contribution in [2.75, 3.05) is 5.75 Å². The number of hydrogen-bond donors (Lipinski definition) is 1. The van der Waals surface area contributed by atoms with E-state index in [1.54, 1.807) is 34.4 Å². The van der Waals surface area contributed by atoms with Gasteiger partial charge in [0.1, 0.15) is 5.82 Å². The van der Waals surface area contributed by atoms with Gasteiger partial charge in [0.25, 0.3) is 0 Å². The zero-order chi connectivity index (χ0) is 17.6. The van der Waals surface area contributed by atoms with Crippen LogP contribution in [-0.4, -0.2) is 31.1 Å².